The molecule has 1 fully saturated rings. The summed E-state index contributed by atoms with van der Waals surface area (Å²) in [5.74, 6) is 1.16. The summed E-state index contributed by atoms with van der Waals surface area (Å²) in [5.41, 5.74) is 1.69. The number of carbonyl (C=O) groups is 1. The van der Waals surface area contributed by atoms with Gasteiger partial charge in [-0.2, -0.15) is 0 Å². The lowest BCUT2D eigenvalue weighted by atomic mass is 9.84. The Morgan fingerprint density at radius 3 is 2.56 bits per heavy atom. The van der Waals surface area contributed by atoms with Gasteiger partial charge in [0.05, 0.1) is 14.2 Å². The van der Waals surface area contributed by atoms with Crippen molar-refractivity contribution in [3.63, 3.8) is 0 Å². The van der Waals surface area contributed by atoms with Crippen molar-refractivity contribution in [2.75, 3.05) is 20.8 Å². The third-order valence-electron chi connectivity index (χ3n) is 5.27. The molecule has 3 rings (SSSR count). The van der Waals surface area contributed by atoms with Gasteiger partial charge in [-0.1, -0.05) is 32.0 Å². The van der Waals surface area contributed by atoms with Gasteiger partial charge in [0.2, 0.25) is 5.91 Å². The van der Waals surface area contributed by atoms with E-state index in [1.807, 2.05) is 24.3 Å². The molecule has 2 unspecified atom stereocenters. The van der Waals surface area contributed by atoms with Gasteiger partial charge < -0.3 is 14.8 Å². The van der Waals surface area contributed by atoms with E-state index in [2.05, 4.69) is 19.2 Å². The number of benzene rings is 2. The quantitative estimate of drug-likeness (QED) is 0.799. The van der Waals surface area contributed by atoms with Crippen LogP contribution < -0.4 is 14.8 Å². The average molecular weight is 371 g/mol. The van der Waals surface area contributed by atoms with E-state index in [4.69, 9.17) is 9.47 Å². The molecule has 5 heteroatoms. The fourth-order valence-electron chi connectivity index (χ4n) is 3.39. The first-order valence-corrected chi connectivity index (χ1v) is 9.11. The van der Waals surface area contributed by atoms with Crippen LogP contribution in [0.1, 0.15) is 37.3 Å². The molecule has 0 heterocycles. The number of amides is 1. The lowest BCUT2D eigenvalue weighted by Crippen LogP contribution is -2.37. The van der Waals surface area contributed by atoms with Crippen molar-refractivity contribution in [3.8, 4) is 11.5 Å². The fraction of sp³-hybridized carbons (Fsp3) is 0.409. The molecule has 0 aromatic heterocycles. The predicted octanol–water partition coefficient (Wildman–Crippen LogP) is 4.04. The molecule has 1 aliphatic carbocycles. The van der Waals surface area contributed by atoms with Gasteiger partial charge in [0.25, 0.3) is 0 Å². The molecular weight excluding hydrogens is 345 g/mol. The number of hydrogen-bond donors (Lipinski definition) is 1. The Kier molecular flexibility index (Phi) is 5.40. The highest BCUT2D eigenvalue weighted by Gasteiger charge is 2.44. The molecular formula is C22H26FNO3. The summed E-state index contributed by atoms with van der Waals surface area (Å²) in [7, 11) is 3.21. The van der Waals surface area contributed by atoms with Crippen molar-refractivity contribution < 1.29 is 18.7 Å². The SMILES string of the molecule is COc1ccc(C(C)(C)CNC(=O)C2CC2c2cccc(F)c2)cc1OC. The molecule has 0 radical (unpaired) electrons. The van der Waals surface area contributed by atoms with E-state index < -0.39 is 0 Å². The summed E-state index contributed by atoms with van der Waals surface area (Å²) in [6.45, 7) is 4.66. The van der Waals surface area contributed by atoms with Gasteiger partial charge in [0.15, 0.2) is 11.5 Å². The van der Waals surface area contributed by atoms with E-state index in [0.29, 0.717) is 18.0 Å². The van der Waals surface area contributed by atoms with Gasteiger partial charge in [-0.3, -0.25) is 4.79 Å². The Labute approximate surface area is 159 Å². The van der Waals surface area contributed by atoms with Crippen LogP contribution >= 0.6 is 0 Å². The largest absolute Gasteiger partial charge is 0.493 e. The Hall–Kier alpha value is -2.56. The normalized spacial score (nSPS) is 18.7. The average Bonchev–Trinajstić information content (AvgIpc) is 3.46. The first-order valence-electron chi connectivity index (χ1n) is 9.11. The van der Waals surface area contributed by atoms with E-state index in [9.17, 15) is 9.18 Å². The van der Waals surface area contributed by atoms with Crippen LogP contribution in [0.15, 0.2) is 42.5 Å². The summed E-state index contributed by atoms with van der Waals surface area (Å²) >= 11 is 0. The lowest BCUT2D eigenvalue weighted by molar-refractivity contribution is -0.122. The van der Waals surface area contributed by atoms with Crippen molar-refractivity contribution in [1.82, 2.24) is 5.32 Å². The van der Waals surface area contributed by atoms with Crippen molar-refractivity contribution in [2.24, 2.45) is 5.92 Å². The van der Waals surface area contributed by atoms with Crippen LogP contribution in [-0.2, 0) is 10.2 Å². The van der Waals surface area contributed by atoms with Crippen LogP contribution in [0.2, 0.25) is 0 Å². The molecule has 1 amide bonds. The molecule has 1 aliphatic rings. The van der Waals surface area contributed by atoms with Gasteiger partial charge in [-0.25, -0.2) is 4.39 Å². The highest BCUT2D eigenvalue weighted by Crippen LogP contribution is 2.47. The van der Waals surface area contributed by atoms with Crippen LogP contribution in [0.5, 0.6) is 11.5 Å². The fourth-order valence-corrected chi connectivity index (χ4v) is 3.39. The van der Waals surface area contributed by atoms with Crippen molar-refractivity contribution in [3.05, 3.63) is 59.4 Å². The first-order chi connectivity index (χ1) is 12.9. The second-order valence-electron chi connectivity index (χ2n) is 7.68. The van der Waals surface area contributed by atoms with Gasteiger partial charge in [-0.15, -0.1) is 0 Å². The number of nitrogens with one attached hydrogen (secondary N) is 1. The second kappa shape index (κ2) is 7.59. The molecule has 2 atom stereocenters. The number of halogens is 1. The van der Waals surface area contributed by atoms with Gasteiger partial charge >= 0.3 is 0 Å². The van der Waals surface area contributed by atoms with Crippen LogP contribution in [0.4, 0.5) is 4.39 Å². The molecule has 2 aromatic rings. The molecule has 1 saturated carbocycles. The minimum absolute atomic E-state index is 0.0258. The Bertz CT molecular complexity index is 834. The molecule has 0 aliphatic heterocycles. The Morgan fingerprint density at radius 1 is 1.15 bits per heavy atom. The number of rotatable bonds is 7. The smallest absolute Gasteiger partial charge is 0.223 e. The maximum Gasteiger partial charge on any atom is 0.223 e. The summed E-state index contributed by atoms with van der Waals surface area (Å²) in [4.78, 5) is 12.5. The molecule has 27 heavy (non-hydrogen) atoms. The number of ether oxygens (including phenoxy) is 2. The molecule has 2 aromatic carbocycles. The summed E-state index contributed by atoms with van der Waals surface area (Å²) in [6, 6.07) is 12.3. The van der Waals surface area contributed by atoms with Gasteiger partial charge in [0.1, 0.15) is 5.82 Å². The van der Waals surface area contributed by atoms with E-state index in [1.54, 1.807) is 20.3 Å². The van der Waals surface area contributed by atoms with Crippen LogP contribution in [0.3, 0.4) is 0 Å². The highest BCUT2D eigenvalue weighted by atomic mass is 19.1. The van der Waals surface area contributed by atoms with Gasteiger partial charge in [0, 0.05) is 17.9 Å². The maximum absolute atomic E-state index is 13.4. The third-order valence-corrected chi connectivity index (χ3v) is 5.27. The number of methoxy groups -OCH3 is 2. The van der Waals surface area contributed by atoms with E-state index >= 15 is 0 Å². The zero-order valence-electron chi connectivity index (χ0n) is 16.2. The topological polar surface area (TPSA) is 47.6 Å². The zero-order valence-corrected chi connectivity index (χ0v) is 16.2. The Morgan fingerprint density at radius 2 is 1.89 bits per heavy atom. The van der Waals surface area contributed by atoms with Crippen LogP contribution in [-0.4, -0.2) is 26.7 Å². The van der Waals surface area contributed by atoms with Crippen molar-refractivity contribution in [2.45, 2.75) is 31.6 Å². The van der Waals surface area contributed by atoms with E-state index in [-0.39, 0.29) is 29.0 Å². The van der Waals surface area contributed by atoms with Crippen molar-refractivity contribution >= 4 is 5.91 Å². The standard InChI is InChI=1S/C22H26FNO3/c1-22(2,15-8-9-19(26-3)20(11-15)27-4)13-24-21(25)18-12-17(18)14-6-5-7-16(23)10-14/h5-11,17-18H,12-13H2,1-4H3,(H,24,25). The molecule has 1 N–H and O–H groups in total. The minimum atomic E-state index is -0.265. The summed E-state index contributed by atoms with van der Waals surface area (Å²) < 4.78 is 24.0. The first kappa shape index (κ1) is 19.2. The molecule has 144 valence electrons. The zero-order chi connectivity index (χ0) is 19.6. The molecule has 0 spiro atoms. The second-order valence-corrected chi connectivity index (χ2v) is 7.68. The molecule has 0 saturated heterocycles. The van der Waals surface area contributed by atoms with E-state index in [1.165, 1.54) is 12.1 Å². The third kappa shape index (κ3) is 4.24. The summed E-state index contributed by atoms with van der Waals surface area (Å²) in [5, 5.41) is 3.06. The maximum atomic E-state index is 13.4. The monoisotopic (exact) mass is 371 g/mol. The predicted molar refractivity (Wildman–Crippen MR) is 103 cm³/mol. The van der Waals surface area contributed by atoms with Crippen LogP contribution in [0.25, 0.3) is 0 Å². The van der Waals surface area contributed by atoms with Crippen LogP contribution in [0, 0.1) is 11.7 Å². The Balaban J connectivity index is 1.61. The lowest BCUT2D eigenvalue weighted by Gasteiger charge is -2.26. The number of hydrogen-bond acceptors (Lipinski definition) is 3. The molecule has 0 bridgehead atoms. The highest BCUT2D eigenvalue weighted by molar-refractivity contribution is 5.83. The van der Waals surface area contributed by atoms with Gasteiger partial charge in [-0.05, 0) is 47.7 Å². The molecule has 4 nitrogen and oxygen atoms in total. The van der Waals surface area contributed by atoms with Crippen molar-refractivity contribution in [1.29, 1.82) is 0 Å². The summed E-state index contributed by atoms with van der Waals surface area (Å²) in [6.07, 6.45) is 0.770. The number of carbonyl (C=O) groups excluding carboxylic acids is 1. The minimum Gasteiger partial charge on any atom is -0.493 e. The van der Waals surface area contributed by atoms with E-state index in [0.717, 1.165) is 17.5 Å².